The van der Waals surface area contributed by atoms with Crippen molar-refractivity contribution < 1.29 is 4.79 Å². The van der Waals surface area contributed by atoms with E-state index in [9.17, 15) is 9.59 Å². The first-order valence-corrected chi connectivity index (χ1v) is 9.12. The van der Waals surface area contributed by atoms with Crippen LogP contribution in [0.2, 0.25) is 0 Å². The number of carbonyl (C=O) groups excluding carboxylic acids is 1. The van der Waals surface area contributed by atoms with Crippen molar-refractivity contribution in [3.05, 3.63) is 52.1 Å². The van der Waals surface area contributed by atoms with Crippen molar-refractivity contribution in [1.29, 1.82) is 0 Å². The standard InChI is InChI=1S/C16H15N5O2S2/c1-9(25-16-19-12(17)7-13(22)20-16)14(23)21-15-18-11(8-24-15)10-5-3-2-4-6-10/h2-9H,1H3,(H,18,21,23)(H3,17,19,20,22)/t9-/m1/s1. The van der Waals surface area contributed by atoms with Gasteiger partial charge in [-0.25, -0.2) is 9.97 Å². The molecule has 0 unspecified atom stereocenters. The zero-order valence-corrected chi connectivity index (χ0v) is 14.9. The van der Waals surface area contributed by atoms with Gasteiger partial charge in [-0.15, -0.1) is 11.3 Å². The zero-order chi connectivity index (χ0) is 17.8. The highest BCUT2D eigenvalue weighted by Crippen LogP contribution is 2.26. The number of thiazole rings is 1. The Kier molecular flexibility index (Phi) is 5.15. The van der Waals surface area contributed by atoms with Crippen molar-refractivity contribution in [3.63, 3.8) is 0 Å². The second kappa shape index (κ2) is 7.49. The molecule has 7 nitrogen and oxygen atoms in total. The summed E-state index contributed by atoms with van der Waals surface area (Å²) >= 11 is 2.48. The number of nitrogens with two attached hydrogens (primary N) is 1. The summed E-state index contributed by atoms with van der Waals surface area (Å²) in [6, 6.07) is 10.9. The van der Waals surface area contributed by atoms with Crippen LogP contribution in [0.4, 0.5) is 10.9 Å². The van der Waals surface area contributed by atoms with Crippen LogP contribution < -0.4 is 16.6 Å². The van der Waals surface area contributed by atoms with Crippen LogP contribution in [-0.2, 0) is 4.79 Å². The van der Waals surface area contributed by atoms with Gasteiger partial charge in [0.1, 0.15) is 5.82 Å². The number of nitrogens with zero attached hydrogens (tertiary/aromatic N) is 2. The maximum atomic E-state index is 12.3. The Morgan fingerprint density at radius 2 is 2.08 bits per heavy atom. The van der Waals surface area contributed by atoms with Crippen molar-refractivity contribution in [2.75, 3.05) is 11.1 Å². The molecule has 0 fully saturated rings. The summed E-state index contributed by atoms with van der Waals surface area (Å²) in [5.74, 6) is -0.115. The lowest BCUT2D eigenvalue weighted by Gasteiger charge is -2.09. The third kappa shape index (κ3) is 4.46. The maximum absolute atomic E-state index is 12.3. The number of hydrogen-bond acceptors (Lipinski definition) is 7. The second-order valence-corrected chi connectivity index (χ2v) is 7.32. The predicted octanol–water partition coefficient (Wildman–Crippen LogP) is 2.59. The van der Waals surface area contributed by atoms with Gasteiger partial charge >= 0.3 is 0 Å². The number of carbonyl (C=O) groups is 1. The first-order chi connectivity index (χ1) is 12.0. The van der Waals surface area contributed by atoms with Crippen molar-refractivity contribution >= 4 is 40.0 Å². The van der Waals surface area contributed by atoms with Crippen LogP contribution >= 0.6 is 23.1 Å². The van der Waals surface area contributed by atoms with Crippen LogP contribution in [0.15, 0.2) is 51.7 Å². The third-order valence-corrected chi connectivity index (χ3v) is 4.94. The first-order valence-electron chi connectivity index (χ1n) is 7.36. The Hall–Kier alpha value is -2.65. The lowest BCUT2D eigenvalue weighted by molar-refractivity contribution is -0.115. The molecule has 0 aliphatic carbocycles. The quantitative estimate of drug-likeness (QED) is 0.468. The van der Waals surface area contributed by atoms with E-state index in [2.05, 4.69) is 20.3 Å². The summed E-state index contributed by atoms with van der Waals surface area (Å²) in [4.78, 5) is 34.7. The number of amides is 1. The normalized spacial score (nSPS) is 11.9. The fourth-order valence-corrected chi connectivity index (χ4v) is 3.55. The van der Waals surface area contributed by atoms with Gasteiger partial charge < -0.3 is 16.0 Å². The largest absolute Gasteiger partial charge is 0.383 e. The molecule has 0 saturated carbocycles. The highest BCUT2D eigenvalue weighted by Gasteiger charge is 2.17. The van der Waals surface area contributed by atoms with Gasteiger partial charge in [0.2, 0.25) is 5.91 Å². The highest BCUT2D eigenvalue weighted by atomic mass is 32.2. The number of hydrogen-bond donors (Lipinski definition) is 3. The van der Waals surface area contributed by atoms with Crippen LogP contribution in [0.5, 0.6) is 0 Å². The summed E-state index contributed by atoms with van der Waals surface area (Å²) in [5.41, 5.74) is 6.99. The average molecular weight is 373 g/mol. The lowest BCUT2D eigenvalue weighted by Crippen LogP contribution is -2.23. The van der Waals surface area contributed by atoms with Crippen molar-refractivity contribution in [2.45, 2.75) is 17.3 Å². The van der Waals surface area contributed by atoms with Crippen molar-refractivity contribution in [3.8, 4) is 11.3 Å². The number of nitrogen functional groups attached to an aromatic ring is 1. The number of nitrogens with one attached hydrogen (secondary N) is 2. The molecule has 0 bridgehead atoms. The fourth-order valence-electron chi connectivity index (χ4n) is 2.01. The summed E-state index contributed by atoms with van der Waals surface area (Å²) in [6.07, 6.45) is 0. The average Bonchev–Trinajstić information content (AvgIpc) is 3.03. The predicted molar refractivity (Wildman–Crippen MR) is 101 cm³/mol. The SMILES string of the molecule is C[C@@H](Sc1nc(N)cc(=O)[nH]1)C(=O)Nc1nc(-c2ccccc2)cs1. The van der Waals surface area contributed by atoms with Gasteiger partial charge in [-0.2, -0.15) is 0 Å². The minimum atomic E-state index is -0.478. The van der Waals surface area contributed by atoms with Crippen molar-refractivity contribution in [2.24, 2.45) is 0 Å². The lowest BCUT2D eigenvalue weighted by atomic mass is 10.2. The van der Waals surface area contributed by atoms with Gasteiger partial charge in [0.25, 0.3) is 5.56 Å². The fraction of sp³-hybridized carbons (Fsp3) is 0.125. The minimum Gasteiger partial charge on any atom is -0.383 e. The molecule has 0 saturated heterocycles. The molecule has 128 valence electrons. The van der Waals surface area contributed by atoms with E-state index in [0.29, 0.717) is 10.3 Å². The second-order valence-electron chi connectivity index (χ2n) is 5.13. The summed E-state index contributed by atoms with van der Waals surface area (Å²) in [6.45, 7) is 1.72. The maximum Gasteiger partial charge on any atom is 0.253 e. The molecule has 2 heterocycles. The Morgan fingerprint density at radius 3 is 2.80 bits per heavy atom. The Labute approximate surface area is 151 Å². The molecule has 0 spiro atoms. The van der Waals surface area contributed by atoms with E-state index < -0.39 is 5.25 Å². The summed E-state index contributed by atoms with van der Waals surface area (Å²) in [5, 5.41) is 5.01. The Balaban J connectivity index is 1.65. The highest BCUT2D eigenvalue weighted by molar-refractivity contribution is 8.00. The van der Waals surface area contributed by atoms with Crippen LogP contribution in [0.25, 0.3) is 11.3 Å². The molecule has 4 N–H and O–H groups in total. The summed E-state index contributed by atoms with van der Waals surface area (Å²) < 4.78 is 0. The number of aromatic nitrogens is 3. The molecule has 0 aliphatic heterocycles. The van der Waals surface area contributed by atoms with E-state index in [4.69, 9.17) is 5.73 Å². The molecule has 3 rings (SSSR count). The molecule has 2 aromatic heterocycles. The van der Waals surface area contributed by atoms with E-state index in [1.54, 1.807) is 6.92 Å². The van der Waals surface area contributed by atoms with E-state index in [-0.39, 0.29) is 17.3 Å². The molecular weight excluding hydrogens is 358 g/mol. The van der Waals surface area contributed by atoms with Gasteiger partial charge in [-0.05, 0) is 6.92 Å². The van der Waals surface area contributed by atoms with Gasteiger partial charge in [-0.3, -0.25) is 9.59 Å². The van der Waals surface area contributed by atoms with Gasteiger partial charge in [0.15, 0.2) is 10.3 Å². The smallest absolute Gasteiger partial charge is 0.253 e. The van der Waals surface area contributed by atoms with E-state index >= 15 is 0 Å². The Bertz CT molecular complexity index is 939. The zero-order valence-electron chi connectivity index (χ0n) is 13.2. The minimum absolute atomic E-state index is 0.117. The van der Waals surface area contributed by atoms with Crippen LogP contribution in [-0.4, -0.2) is 26.1 Å². The van der Waals surface area contributed by atoms with E-state index in [1.165, 1.54) is 17.4 Å². The molecule has 3 aromatic rings. The molecule has 0 aliphatic rings. The van der Waals surface area contributed by atoms with Crippen LogP contribution in [0, 0.1) is 0 Å². The molecule has 25 heavy (non-hydrogen) atoms. The number of anilines is 2. The van der Waals surface area contributed by atoms with E-state index in [0.717, 1.165) is 23.0 Å². The number of H-pyrrole nitrogens is 1. The number of rotatable bonds is 5. The molecule has 0 radical (unpaired) electrons. The third-order valence-electron chi connectivity index (χ3n) is 3.20. The van der Waals surface area contributed by atoms with Gasteiger partial charge in [-0.1, -0.05) is 42.1 Å². The number of benzene rings is 1. The molecule has 1 aromatic carbocycles. The van der Waals surface area contributed by atoms with Crippen LogP contribution in [0.1, 0.15) is 6.92 Å². The first kappa shape index (κ1) is 17.2. The number of aromatic amines is 1. The van der Waals surface area contributed by atoms with E-state index in [1.807, 2.05) is 35.7 Å². The Morgan fingerprint density at radius 1 is 1.32 bits per heavy atom. The van der Waals surface area contributed by atoms with Gasteiger partial charge in [0.05, 0.1) is 10.9 Å². The molecule has 1 amide bonds. The summed E-state index contributed by atoms with van der Waals surface area (Å²) in [7, 11) is 0. The van der Waals surface area contributed by atoms with Gasteiger partial charge in [0, 0.05) is 17.0 Å². The molecule has 1 atom stereocenters. The van der Waals surface area contributed by atoms with Crippen LogP contribution in [0.3, 0.4) is 0 Å². The monoisotopic (exact) mass is 373 g/mol. The van der Waals surface area contributed by atoms with Crippen molar-refractivity contribution in [1.82, 2.24) is 15.0 Å². The molecular formula is C16H15N5O2S2. The number of thioether (sulfide) groups is 1. The molecule has 9 heteroatoms. The topological polar surface area (TPSA) is 114 Å².